The van der Waals surface area contributed by atoms with Crippen LogP contribution in [-0.2, 0) is 4.79 Å². The van der Waals surface area contributed by atoms with Gasteiger partial charge in [0.2, 0.25) is 5.91 Å². The van der Waals surface area contributed by atoms with Crippen molar-refractivity contribution in [2.75, 3.05) is 12.3 Å². The van der Waals surface area contributed by atoms with Crippen LogP contribution in [0.1, 0.15) is 10.4 Å². The van der Waals surface area contributed by atoms with Crippen LogP contribution in [-0.4, -0.2) is 29.6 Å². The fraction of sp³-hybridized carbons (Fsp3) is 0.200. The van der Waals surface area contributed by atoms with Gasteiger partial charge in [0, 0.05) is 5.69 Å². The Balaban J connectivity index is 2.70. The third-order valence-electron chi connectivity index (χ3n) is 2.02. The lowest BCUT2D eigenvalue weighted by Crippen LogP contribution is -2.40. The summed E-state index contributed by atoms with van der Waals surface area (Å²) >= 11 is 0. The fourth-order valence-electron chi connectivity index (χ4n) is 1.10. The van der Waals surface area contributed by atoms with E-state index in [1.54, 1.807) is 0 Å². The maximum atomic E-state index is 13.2. The molecule has 7 heteroatoms. The van der Waals surface area contributed by atoms with Gasteiger partial charge in [0.15, 0.2) is 0 Å². The Labute approximate surface area is 96.4 Å². The van der Waals surface area contributed by atoms with E-state index in [0.29, 0.717) is 0 Å². The molecule has 6 N–H and O–H groups in total. The minimum absolute atomic E-state index is 0.229. The zero-order valence-electron chi connectivity index (χ0n) is 8.81. The van der Waals surface area contributed by atoms with Crippen LogP contribution in [0.3, 0.4) is 0 Å². The summed E-state index contributed by atoms with van der Waals surface area (Å²) in [5, 5.41) is 11.2. The second kappa shape index (κ2) is 5.26. The van der Waals surface area contributed by atoms with Gasteiger partial charge in [0.25, 0.3) is 5.91 Å². The molecule has 6 nitrogen and oxygen atoms in total. The highest BCUT2D eigenvalue weighted by molar-refractivity contribution is 5.95. The highest BCUT2D eigenvalue weighted by Crippen LogP contribution is 2.11. The molecule has 1 atom stereocenters. The summed E-state index contributed by atoms with van der Waals surface area (Å²) in [6, 6.07) is 3.51. The first-order valence-corrected chi connectivity index (χ1v) is 4.72. The van der Waals surface area contributed by atoms with Crippen LogP contribution in [0.4, 0.5) is 10.1 Å². The molecule has 0 bridgehead atoms. The predicted molar refractivity (Wildman–Crippen MR) is 58.3 cm³/mol. The van der Waals surface area contributed by atoms with Gasteiger partial charge in [-0.2, -0.15) is 0 Å². The van der Waals surface area contributed by atoms with Crippen molar-refractivity contribution in [3.63, 3.8) is 0 Å². The molecule has 0 fully saturated rings. The number of aliphatic hydroxyl groups excluding tert-OH is 1. The molecule has 92 valence electrons. The number of aliphatic hydroxyl groups is 1. The highest BCUT2D eigenvalue weighted by atomic mass is 19.1. The molecule has 0 aromatic heterocycles. The third kappa shape index (κ3) is 3.42. The Kier molecular flexibility index (Phi) is 4.00. The van der Waals surface area contributed by atoms with Crippen LogP contribution in [0.5, 0.6) is 0 Å². The van der Waals surface area contributed by atoms with E-state index in [1.165, 1.54) is 6.07 Å². The third-order valence-corrected chi connectivity index (χ3v) is 2.02. The number of hydrogen-bond acceptors (Lipinski definition) is 4. The van der Waals surface area contributed by atoms with Crippen molar-refractivity contribution < 1.29 is 19.1 Å². The number of primary amides is 1. The summed E-state index contributed by atoms with van der Waals surface area (Å²) in [6.45, 7) is -0.387. The summed E-state index contributed by atoms with van der Waals surface area (Å²) in [6.07, 6.45) is -1.51. The number of anilines is 1. The predicted octanol–water partition coefficient (Wildman–Crippen LogP) is -1.02. The summed E-state index contributed by atoms with van der Waals surface area (Å²) in [4.78, 5) is 22.0. The standard InChI is InChI=1S/C10H12FN3O3/c11-7-2-1-5(12)3-6(7)10(17)14-4-8(15)9(13)16/h1-3,8,15H,4,12H2,(H2,13,16)(H,14,17). The van der Waals surface area contributed by atoms with Crippen molar-refractivity contribution in [1.82, 2.24) is 5.32 Å². The Bertz CT molecular complexity index is 450. The van der Waals surface area contributed by atoms with E-state index >= 15 is 0 Å². The molecule has 1 rings (SSSR count). The molecule has 0 heterocycles. The largest absolute Gasteiger partial charge is 0.399 e. The van der Waals surface area contributed by atoms with Crippen LogP contribution in [0, 0.1) is 5.82 Å². The van der Waals surface area contributed by atoms with Crippen molar-refractivity contribution >= 4 is 17.5 Å². The molecule has 1 aromatic carbocycles. The lowest BCUT2D eigenvalue weighted by Gasteiger charge is -2.09. The molecule has 0 saturated heterocycles. The molecular formula is C10H12FN3O3. The van der Waals surface area contributed by atoms with Gasteiger partial charge in [0.05, 0.1) is 12.1 Å². The molecule has 0 aliphatic heterocycles. The number of carbonyl (C=O) groups excluding carboxylic acids is 2. The number of carbonyl (C=O) groups is 2. The fourth-order valence-corrected chi connectivity index (χ4v) is 1.10. The maximum Gasteiger partial charge on any atom is 0.254 e. The van der Waals surface area contributed by atoms with Gasteiger partial charge in [-0.1, -0.05) is 0 Å². The quantitative estimate of drug-likeness (QED) is 0.505. The zero-order valence-corrected chi connectivity index (χ0v) is 8.81. The second-order valence-corrected chi connectivity index (χ2v) is 3.37. The molecule has 1 aromatic rings. The van der Waals surface area contributed by atoms with Crippen molar-refractivity contribution in [1.29, 1.82) is 0 Å². The van der Waals surface area contributed by atoms with Gasteiger partial charge in [0.1, 0.15) is 11.9 Å². The van der Waals surface area contributed by atoms with Gasteiger partial charge >= 0.3 is 0 Å². The first kappa shape index (κ1) is 12.9. The molecule has 17 heavy (non-hydrogen) atoms. The van der Waals surface area contributed by atoms with E-state index in [1.807, 2.05) is 0 Å². The van der Waals surface area contributed by atoms with Crippen molar-refractivity contribution in [2.45, 2.75) is 6.10 Å². The molecule has 0 aliphatic rings. The normalized spacial score (nSPS) is 11.9. The van der Waals surface area contributed by atoms with Crippen LogP contribution in [0.2, 0.25) is 0 Å². The maximum absolute atomic E-state index is 13.2. The van der Waals surface area contributed by atoms with Crippen molar-refractivity contribution in [2.24, 2.45) is 5.73 Å². The van der Waals surface area contributed by atoms with Crippen LogP contribution >= 0.6 is 0 Å². The van der Waals surface area contributed by atoms with E-state index in [0.717, 1.165) is 12.1 Å². The summed E-state index contributed by atoms with van der Waals surface area (Å²) in [5.41, 5.74) is 10.1. The molecule has 0 radical (unpaired) electrons. The number of hydrogen-bond donors (Lipinski definition) is 4. The first-order chi connectivity index (χ1) is 7.91. The van der Waals surface area contributed by atoms with Crippen molar-refractivity contribution in [3.8, 4) is 0 Å². The van der Waals surface area contributed by atoms with Gasteiger partial charge in [-0.3, -0.25) is 9.59 Å². The average molecular weight is 241 g/mol. The van der Waals surface area contributed by atoms with Crippen LogP contribution < -0.4 is 16.8 Å². The number of nitrogens with one attached hydrogen (secondary N) is 1. The number of halogens is 1. The van der Waals surface area contributed by atoms with E-state index < -0.39 is 23.7 Å². The lowest BCUT2D eigenvalue weighted by atomic mass is 10.1. The minimum Gasteiger partial charge on any atom is -0.399 e. The van der Waals surface area contributed by atoms with Gasteiger partial charge in [-0.05, 0) is 18.2 Å². The highest BCUT2D eigenvalue weighted by Gasteiger charge is 2.15. The number of benzene rings is 1. The number of amides is 2. The van der Waals surface area contributed by atoms with E-state index in [-0.39, 0.29) is 17.8 Å². The van der Waals surface area contributed by atoms with Crippen molar-refractivity contribution in [3.05, 3.63) is 29.6 Å². The first-order valence-electron chi connectivity index (χ1n) is 4.72. The average Bonchev–Trinajstić information content (AvgIpc) is 2.28. The Morgan fingerprint density at radius 1 is 1.47 bits per heavy atom. The van der Waals surface area contributed by atoms with Crippen LogP contribution in [0.25, 0.3) is 0 Å². The molecule has 0 spiro atoms. The topological polar surface area (TPSA) is 118 Å². The molecule has 0 saturated carbocycles. The lowest BCUT2D eigenvalue weighted by molar-refractivity contribution is -0.125. The SMILES string of the molecule is NC(=O)C(O)CNC(=O)c1cc(N)ccc1F. The van der Waals surface area contributed by atoms with Gasteiger partial charge in [-0.25, -0.2) is 4.39 Å². The number of rotatable bonds is 4. The number of nitrogen functional groups attached to an aromatic ring is 1. The summed E-state index contributed by atoms with van der Waals surface area (Å²) in [7, 11) is 0. The number of nitrogens with two attached hydrogens (primary N) is 2. The minimum atomic E-state index is -1.51. The molecular weight excluding hydrogens is 229 g/mol. The smallest absolute Gasteiger partial charge is 0.254 e. The summed E-state index contributed by atoms with van der Waals surface area (Å²) in [5.74, 6) is -2.50. The van der Waals surface area contributed by atoms with Gasteiger partial charge in [-0.15, -0.1) is 0 Å². The zero-order chi connectivity index (χ0) is 13.0. The van der Waals surface area contributed by atoms with E-state index in [2.05, 4.69) is 5.32 Å². The summed E-state index contributed by atoms with van der Waals surface area (Å²) < 4.78 is 13.2. The monoisotopic (exact) mass is 241 g/mol. The molecule has 0 aliphatic carbocycles. The Hall–Kier alpha value is -2.15. The Morgan fingerprint density at radius 3 is 2.71 bits per heavy atom. The van der Waals surface area contributed by atoms with Crippen LogP contribution in [0.15, 0.2) is 18.2 Å². The second-order valence-electron chi connectivity index (χ2n) is 3.37. The van der Waals surface area contributed by atoms with E-state index in [4.69, 9.17) is 16.6 Å². The van der Waals surface area contributed by atoms with Gasteiger partial charge < -0.3 is 21.9 Å². The van der Waals surface area contributed by atoms with E-state index in [9.17, 15) is 14.0 Å². The molecule has 2 amide bonds. The Morgan fingerprint density at radius 2 is 2.12 bits per heavy atom. The molecule has 1 unspecified atom stereocenters.